The van der Waals surface area contributed by atoms with Gasteiger partial charge in [-0.3, -0.25) is 14.9 Å². The highest BCUT2D eigenvalue weighted by molar-refractivity contribution is 5.94. The van der Waals surface area contributed by atoms with Crippen molar-refractivity contribution in [3.05, 3.63) is 39.7 Å². The zero-order valence-electron chi connectivity index (χ0n) is 12.2. The van der Waals surface area contributed by atoms with E-state index in [-0.39, 0.29) is 17.5 Å². The molecule has 1 amide bonds. The van der Waals surface area contributed by atoms with Crippen LogP contribution in [0.2, 0.25) is 0 Å². The van der Waals surface area contributed by atoms with Gasteiger partial charge in [-0.25, -0.2) is 0 Å². The van der Waals surface area contributed by atoms with E-state index in [1.165, 1.54) is 6.07 Å². The summed E-state index contributed by atoms with van der Waals surface area (Å²) in [6, 6.07) is 3.44. The molecule has 6 heteroatoms. The van der Waals surface area contributed by atoms with Crippen LogP contribution in [0.4, 0.5) is 10.1 Å². The lowest BCUT2D eigenvalue weighted by molar-refractivity contribution is -0.387. The summed E-state index contributed by atoms with van der Waals surface area (Å²) in [5.41, 5.74) is -0.504. The van der Waals surface area contributed by atoms with E-state index in [9.17, 15) is 19.3 Å². The molecular formula is C15H19FN2O3. The van der Waals surface area contributed by atoms with Crippen molar-refractivity contribution in [3.63, 3.8) is 0 Å². The number of nitro groups is 1. The van der Waals surface area contributed by atoms with Crippen molar-refractivity contribution in [1.29, 1.82) is 0 Å². The molecule has 0 radical (unpaired) electrons. The van der Waals surface area contributed by atoms with E-state index in [0.717, 1.165) is 37.8 Å². The van der Waals surface area contributed by atoms with Gasteiger partial charge < -0.3 is 4.90 Å². The molecule has 1 fully saturated rings. The van der Waals surface area contributed by atoms with Crippen LogP contribution in [0.1, 0.15) is 43.0 Å². The van der Waals surface area contributed by atoms with Crippen LogP contribution in [-0.2, 0) is 0 Å². The number of rotatable bonds is 3. The summed E-state index contributed by atoms with van der Waals surface area (Å²) in [4.78, 5) is 24.0. The van der Waals surface area contributed by atoms with Crippen molar-refractivity contribution in [2.45, 2.75) is 38.6 Å². The fourth-order valence-electron chi connectivity index (χ4n) is 2.78. The van der Waals surface area contributed by atoms with Crippen LogP contribution in [0.15, 0.2) is 18.2 Å². The molecule has 1 saturated carbocycles. The summed E-state index contributed by atoms with van der Waals surface area (Å²) >= 11 is 0. The second-order valence-corrected chi connectivity index (χ2v) is 5.75. The number of carbonyl (C=O) groups is 1. The minimum atomic E-state index is -0.925. The standard InChI is InChI=1S/C15H19FN2O3/c1-10-3-6-12(7-4-10)17(2)15(19)11-5-8-13(16)14(9-11)18(20)21/h5,8-10,12H,3-4,6-7H2,1-2H3. The molecule has 0 unspecified atom stereocenters. The average Bonchev–Trinajstić information content (AvgIpc) is 2.46. The topological polar surface area (TPSA) is 63.5 Å². The maximum absolute atomic E-state index is 13.3. The van der Waals surface area contributed by atoms with E-state index in [2.05, 4.69) is 6.92 Å². The third-order valence-electron chi connectivity index (χ3n) is 4.24. The lowest BCUT2D eigenvalue weighted by atomic mass is 9.86. The number of nitro benzene ring substituents is 1. The Morgan fingerprint density at radius 3 is 2.52 bits per heavy atom. The van der Waals surface area contributed by atoms with E-state index in [1.807, 2.05) is 0 Å². The van der Waals surface area contributed by atoms with E-state index < -0.39 is 16.4 Å². The van der Waals surface area contributed by atoms with Gasteiger partial charge in [0.25, 0.3) is 5.91 Å². The first-order valence-corrected chi connectivity index (χ1v) is 7.11. The SMILES string of the molecule is CC1CCC(N(C)C(=O)c2ccc(F)c([N+](=O)[O-])c2)CC1. The van der Waals surface area contributed by atoms with Gasteiger partial charge in [0.1, 0.15) is 0 Å². The Kier molecular flexibility index (Phi) is 4.55. The number of halogens is 1. The van der Waals surface area contributed by atoms with E-state index in [1.54, 1.807) is 11.9 Å². The maximum Gasteiger partial charge on any atom is 0.305 e. The highest BCUT2D eigenvalue weighted by Crippen LogP contribution is 2.28. The molecule has 0 spiro atoms. The molecule has 1 aromatic rings. The minimum Gasteiger partial charge on any atom is -0.339 e. The molecule has 21 heavy (non-hydrogen) atoms. The lowest BCUT2D eigenvalue weighted by Crippen LogP contribution is -2.39. The van der Waals surface area contributed by atoms with Gasteiger partial charge in [0.15, 0.2) is 0 Å². The predicted molar refractivity (Wildman–Crippen MR) is 76.6 cm³/mol. The summed E-state index contributed by atoms with van der Waals surface area (Å²) in [7, 11) is 1.71. The van der Waals surface area contributed by atoms with Crippen molar-refractivity contribution >= 4 is 11.6 Å². The Hall–Kier alpha value is -1.98. The Morgan fingerprint density at radius 2 is 1.95 bits per heavy atom. The third-order valence-corrected chi connectivity index (χ3v) is 4.24. The summed E-state index contributed by atoms with van der Waals surface area (Å²) in [5, 5.41) is 10.7. The smallest absolute Gasteiger partial charge is 0.305 e. The zero-order valence-corrected chi connectivity index (χ0v) is 12.2. The van der Waals surface area contributed by atoms with Crippen LogP contribution in [0.3, 0.4) is 0 Å². The van der Waals surface area contributed by atoms with Crippen LogP contribution < -0.4 is 0 Å². The number of hydrogen-bond donors (Lipinski definition) is 0. The molecule has 0 aliphatic heterocycles. The zero-order chi connectivity index (χ0) is 15.6. The van der Waals surface area contributed by atoms with E-state index in [0.29, 0.717) is 5.92 Å². The van der Waals surface area contributed by atoms with Crippen molar-refractivity contribution in [2.24, 2.45) is 5.92 Å². The molecule has 0 saturated heterocycles. The van der Waals surface area contributed by atoms with Gasteiger partial charge in [0.2, 0.25) is 5.82 Å². The minimum absolute atomic E-state index is 0.151. The average molecular weight is 294 g/mol. The van der Waals surface area contributed by atoms with Crippen molar-refractivity contribution in [2.75, 3.05) is 7.05 Å². The fourth-order valence-corrected chi connectivity index (χ4v) is 2.78. The first kappa shape index (κ1) is 15.4. The Balaban J connectivity index is 2.16. The van der Waals surface area contributed by atoms with Crippen molar-refractivity contribution < 1.29 is 14.1 Å². The van der Waals surface area contributed by atoms with Crippen LogP contribution in [0.25, 0.3) is 0 Å². The molecule has 2 rings (SSSR count). The molecule has 0 bridgehead atoms. The Morgan fingerprint density at radius 1 is 1.33 bits per heavy atom. The molecule has 0 atom stereocenters. The number of nitrogens with zero attached hydrogens (tertiary/aromatic N) is 2. The van der Waals surface area contributed by atoms with Gasteiger partial charge in [-0.05, 0) is 43.7 Å². The molecule has 1 aromatic carbocycles. The molecule has 0 aromatic heterocycles. The second kappa shape index (κ2) is 6.20. The molecule has 0 heterocycles. The number of benzene rings is 1. The van der Waals surface area contributed by atoms with Gasteiger partial charge in [-0.15, -0.1) is 0 Å². The largest absolute Gasteiger partial charge is 0.339 e. The normalized spacial score (nSPS) is 21.9. The number of carbonyl (C=O) groups excluding carboxylic acids is 1. The number of hydrogen-bond acceptors (Lipinski definition) is 3. The highest BCUT2D eigenvalue weighted by Gasteiger charge is 2.26. The van der Waals surface area contributed by atoms with E-state index >= 15 is 0 Å². The molecular weight excluding hydrogens is 275 g/mol. The van der Waals surface area contributed by atoms with Gasteiger partial charge in [-0.2, -0.15) is 4.39 Å². The first-order chi connectivity index (χ1) is 9.90. The molecule has 1 aliphatic rings. The number of amides is 1. The molecule has 114 valence electrons. The monoisotopic (exact) mass is 294 g/mol. The first-order valence-electron chi connectivity index (χ1n) is 7.11. The van der Waals surface area contributed by atoms with Crippen molar-refractivity contribution in [3.8, 4) is 0 Å². The summed E-state index contributed by atoms with van der Waals surface area (Å²) in [6.07, 6.45) is 4.02. The predicted octanol–water partition coefficient (Wildman–Crippen LogP) is 3.38. The van der Waals surface area contributed by atoms with Crippen LogP contribution in [0.5, 0.6) is 0 Å². The van der Waals surface area contributed by atoms with Gasteiger partial charge >= 0.3 is 5.69 Å². The summed E-state index contributed by atoms with van der Waals surface area (Å²) < 4.78 is 13.3. The van der Waals surface area contributed by atoms with Gasteiger partial charge in [-0.1, -0.05) is 6.92 Å². The third kappa shape index (κ3) is 3.37. The fraction of sp³-hybridized carbons (Fsp3) is 0.533. The Labute approximate surface area is 122 Å². The highest BCUT2D eigenvalue weighted by atomic mass is 19.1. The maximum atomic E-state index is 13.3. The lowest BCUT2D eigenvalue weighted by Gasteiger charge is -2.33. The van der Waals surface area contributed by atoms with Crippen LogP contribution >= 0.6 is 0 Å². The van der Waals surface area contributed by atoms with Crippen LogP contribution in [0, 0.1) is 21.8 Å². The molecule has 5 nitrogen and oxygen atoms in total. The second-order valence-electron chi connectivity index (χ2n) is 5.75. The van der Waals surface area contributed by atoms with Crippen LogP contribution in [-0.4, -0.2) is 28.8 Å². The van der Waals surface area contributed by atoms with Gasteiger partial charge in [0, 0.05) is 24.7 Å². The molecule has 1 aliphatic carbocycles. The van der Waals surface area contributed by atoms with Gasteiger partial charge in [0.05, 0.1) is 4.92 Å². The quantitative estimate of drug-likeness (QED) is 0.634. The van der Waals surface area contributed by atoms with E-state index in [4.69, 9.17) is 0 Å². The summed E-state index contributed by atoms with van der Waals surface area (Å²) in [5.74, 6) is -0.542. The van der Waals surface area contributed by atoms with Crippen molar-refractivity contribution in [1.82, 2.24) is 4.90 Å². The molecule has 0 N–H and O–H groups in total. The Bertz CT molecular complexity index is 554. The summed E-state index contributed by atoms with van der Waals surface area (Å²) in [6.45, 7) is 2.20.